The molecule has 0 aromatic heterocycles. The molecule has 1 heterocycles. The van der Waals surface area contributed by atoms with Gasteiger partial charge < -0.3 is 15.0 Å². The normalized spacial score (nSPS) is 17.4. The van der Waals surface area contributed by atoms with Crippen LogP contribution in [-0.4, -0.2) is 20.7 Å². The highest BCUT2D eigenvalue weighted by Crippen LogP contribution is 2.34. The number of fused-ring (bicyclic) bond motifs is 1. The lowest BCUT2D eigenvalue weighted by atomic mass is 9.96. The Bertz CT molecular complexity index is 612. The van der Waals surface area contributed by atoms with E-state index in [2.05, 4.69) is 52.7 Å². The van der Waals surface area contributed by atoms with Crippen LogP contribution in [0.3, 0.4) is 0 Å². The minimum atomic E-state index is 0.461. The fourth-order valence-corrected chi connectivity index (χ4v) is 3.09. The van der Waals surface area contributed by atoms with Crippen LogP contribution in [0.2, 0.25) is 0 Å². The van der Waals surface area contributed by atoms with Crippen LogP contribution in [0.25, 0.3) is 0 Å². The van der Waals surface area contributed by atoms with E-state index in [-0.39, 0.29) is 0 Å². The zero-order valence-electron chi connectivity index (χ0n) is 12.7. The van der Waals surface area contributed by atoms with Crippen LogP contribution in [0, 0.1) is 0 Å². The lowest BCUT2D eigenvalue weighted by Gasteiger charge is -2.35. The van der Waals surface area contributed by atoms with Gasteiger partial charge >= 0.3 is 0 Å². The van der Waals surface area contributed by atoms with Crippen molar-refractivity contribution < 1.29 is 4.74 Å². The molecule has 3 heteroatoms. The second-order valence-electron chi connectivity index (χ2n) is 5.46. The van der Waals surface area contributed by atoms with Crippen molar-refractivity contribution in [2.45, 2.75) is 19.0 Å². The Morgan fingerprint density at radius 1 is 1.19 bits per heavy atom. The van der Waals surface area contributed by atoms with E-state index in [1.807, 2.05) is 13.1 Å². The maximum absolute atomic E-state index is 5.32. The SMILES string of the molecule is CNC1CCN(Cc2cccc(OC)c2)c2ccccc21. The van der Waals surface area contributed by atoms with E-state index in [4.69, 9.17) is 4.74 Å². The van der Waals surface area contributed by atoms with Gasteiger partial charge in [-0.25, -0.2) is 0 Å². The predicted octanol–water partition coefficient (Wildman–Crippen LogP) is 3.37. The van der Waals surface area contributed by atoms with Crippen LogP contribution in [0.5, 0.6) is 5.75 Å². The van der Waals surface area contributed by atoms with Crippen molar-refractivity contribution in [2.24, 2.45) is 0 Å². The Labute approximate surface area is 126 Å². The summed E-state index contributed by atoms with van der Waals surface area (Å²) in [4.78, 5) is 2.46. The van der Waals surface area contributed by atoms with E-state index >= 15 is 0 Å². The molecular formula is C18H22N2O. The summed E-state index contributed by atoms with van der Waals surface area (Å²) in [6, 6.07) is 17.5. The number of benzene rings is 2. The van der Waals surface area contributed by atoms with E-state index in [0.29, 0.717) is 6.04 Å². The third-order valence-electron chi connectivity index (χ3n) is 4.20. The number of nitrogens with zero attached hydrogens (tertiary/aromatic N) is 1. The summed E-state index contributed by atoms with van der Waals surface area (Å²) >= 11 is 0. The van der Waals surface area contributed by atoms with Crippen LogP contribution in [0.1, 0.15) is 23.6 Å². The summed E-state index contributed by atoms with van der Waals surface area (Å²) in [5.41, 5.74) is 4.02. The molecule has 3 rings (SSSR count). The fraction of sp³-hybridized carbons (Fsp3) is 0.333. The Balaban J connectivity index is 1.86. The van der Waals surface area contributed by atoms with Crippen LogP contribution in [0.4, 0.5) is 5.69 Å². The van der Waals surface area contributed by atoms with Crippen molar-refractivity contribution in [1.82, 2.24) is 5.32 Å². The van der Waals surface area contributed by atoms with E-state index in [0.717, 1.165) is 25.3 Å². The summed E-state index contributed by atoms with van der Waals surface area (Å²) in [7, 11) is 3.76. The molecule has 1 aliphatic rings. The number of ether oxygens (including phenoxy) is 1. The van der Waals surface area contributed by atoms with Gasteiger partial charge in [0.25, 0.3) is 0 Å². The Morgan fingerprint density at radius 3 is 2.86 bits per heavy atom. The van der Waals surface area contributed by atoms with Crippen molar-refractivity contribution in [3.05, 3.63) is 59.7 Å². The zero-order valence-corrected chi connectivity index (χ0v) is 12.7. The van der Waals surface area contributed by atoms with Crippen LogP contribution in [0.15, 0.2) is 48.5 Å². The summed E-state index contributed by atoms with van der Waals surface area (Å²) < 4.78 is 5.32. The Morgan fingerprint density at radius 2 is 2.05 bits per heavy atom. The molecule has 3 nitrogen and oxygen atoms in total. The molecule has 0 spiro atoms. The first-order chi connectivity index (χ1) is 10.3. The van der Waals surface area contributed by atoms with Gasteiger partial charge in [-0.05, 0) is 42.8 Å². The first-order valence-electron chi connectivity index (χ1n) is 7.46. The number of nitrogens with one attached hydrogen (secondary N) is 1. The maximum Gasteiger partial charge on any atom is 0.119 e. The quantitative estimate of drug-likeness (QED) is 0.930. The van der Waals surface area contributed by atoms with Crippen molar-refractivity contribution in [1.29, 1.82) is 0 Å². The monoisotopic (exact) mass is 282 g/mol. The van der Waals surface area contributed by atoms with Gasteiger partial charge in [0, 0.05) is 24.8 Å². The predicted molar refractivity (Wildman–Crippen MR) is 86.9 cm³/mol. The maximum atomic E-state index is 5.32. The molecule has 1 aliphatic heterocycles. The first kappa shape index (κ1) is 14.0. The lowest BCUT2D eigenvalue weighted by Crippen LogP contribution is -2.34. The van der Waals surface area contributed by atoms with E-state index in [9.17, 15) is 0 Å². The van der Waals surface area contributed by atoms with Gasteiger partial charge in [0.05, 0.1) is 7.11 Å². The fourth-order valence-electron chi connectivity index (χ4n) is 3.09. The summed E-state index contributed by atoms with van der Waals surface area (Å²) in [6.45, 7) is 1.99. The second kappa shape index (κ2) is 6.19. The Hall–Kier alpha value is -2.00. The number of hydrogen-bond acceptors (Lipinski definition) is 3. The van der Waals surface area contributed by atoms with Crippen molar-refractivity contribution in [3.8, 4) is 5.75 Å². The van der Waals surface area contributed by atoms with Gasteiger partial charge in [-0.2, -0.15) is 0 Å². The highest BCUT2D eigenvalue weighted by atomic mass is 16.5. The molecule has 0 bridgehead atoms. The molecule has 0 amide bonds. The number of methoxy groups -OCH3 is 1. The van der Waals surface area contributed by atoms with Crippen LogP contribution < -0.4 is 15.0 Å². The molecule has 1 atom stereocenters. The molecule has 2 aromatic rings. The number of rotatable bonds is 4. The van der Waals surface area contributed by atoms with Crippen molar-refractivity contribution in [2.75, 3.05) is 25.6 Å². The minimum absolute atomic E-state index is 0.461. The van der Waals surface area contributed by atoms with E-state index < -0.39 is 0 Å². The molecule has 0 radical (unpaired) electrons. The lowest BCUT2D eigenvalue weighted by molar-refractivity contribution is 0.414. The molecule has 2 aromatic carbocycles. The molecule has 0 aliphatic carbocycles. The number of anilines is 1. The molecule has 1 unspecified atom stereocenters. The van der Waals surface area contributed by atoms with Crippen molar-refractivity contribution >= 4 is 5.69 Å². The van der Waals surface area contributed by atoms with Gasteiger partial charge in [-0.3, -0.25) is 0 Å². The average Bonchev–Trinajstić information content (AvgIpc) is 2.55. The number of para-hydroxylation sites is 1. The smallest absolute Gasteiger partial charge is 0.119 e. The van der Waals surface area contributed by atoms with Gasteiger partial charge in [0.1, 0.15) is 5.75 Å². The van der Waals surface area contributed by atoms with Gasteiger partial charge in [0.15, 0.2) is 0 Å². The minimum Gasteiger partial charge on any atom is -0.497 e. The van der Waals surface area contributed by atoms with Gasteiger partial charge in [0.2, 0.25) is 0 Å². The highest BCUT2D eigenvalue weighted by molar-refractivity contribution is 5.57. The standard InChI is InChI=1S/C18H22N2O/c1-19-17-10-11-20(18-9-4-3-8-16(17)18)13-14-6-5-7-15(12-14)21-2/h3-9,12,17,19H,10-11,13H2,1-2H3. The molecule has 110 valence electrons. The highest BCUT2D eigenvalue weighted by Gasteiger charge is 2.23. The summed E-state index contributed by atoms with van der Waals surface area (Å²) in [5.74, 6) is 0.922. The molecule has 0 saturated carbocycles. The van der Waals surface area contributed by atoms with Gasteiger partial charge in [-0.1, -0.05) is 30.3 Å². The van der Waals surface area contributed by atoms with Crippen LogP contribution >= 0.6 is 0 Å². The van der Waals surface area contributed by atoms with E-state index in [1.165, 1.54) is 16.8 Å². The Kier molecular flexibility index (Phi) is 4.11. The molecule has 1 N–H and O–H groups in total. The largest absolute Gasteiger partial charge is 0.497 e. The zero-order chi connectivity index (χ0) is 14.7. The molecule has 0 saturated heterocycles. The second-order valence-corrected chi connectivity index (χ2v) is 5.46. The van der Waals surface area contributed by atoms with E-state index in [1.54, 1.807) is 7.11 Å². The third-order valence-corrected chi connectivity index (χ3v) is 4.20. The topological polar surface area (TPSA) is 24.5 Å². The van der Waals surface area contributed by atoms with Crippen LogP contribution in [-0.2, 0) is 6.54 Å². The van der Waals surface area contributed by atoms with Crippen molar-refractivity contribution in [3.63, 3.8) is 0 Å². The summed E-state index contributed by atoms with van der Waals surface area (Å²) in [6.07, 6.45) is 1.14. The molecule has 0 fully saturated rings. The molecule has 21 heavy (non-hydrogen) atoms. The summed E-state index contributed by atoms with van der Waals surface area (Å²) in [5, 5.41) is 3.42. The molecular weight excluding hydrogens is 260 g/mol. The van der Waals surface area contributed by atoms with Gasteiger partial charge in [-0.15, -0.1) is 0 Å². The first-order valence-corrected chi connectivity index (χ1v) is 7.46. The number of hydrogen-bond donors (Lipinski definition) is 1. The average molecular weight is 282 g/mol. The third kappa shape index (κ3) is 2.88.